The van der Waals surface area contributed by atoms with Crippen LogP contribution in [0.5, 0.6) is 5.75 Å². The first-order valence-corrected chi connectivity index (χ1v) is 6.59. The van der Waals surface area contributed by atoms with Crippen molar-refractivity contribution in [1.29, 1.82) is 0 Å². The zero-order chi connectivity index (χ0) is 13.8. The normalized spacial score (nSPS) is 10.5. The fourth-order valence-electron chi connectivity index (χ4n) is 2.07. The SMILES string of the molecule is CCOc1cc(C)ccc1NCc1c(C)n[nH]c1C. The number of aromatic nitrogens is 2. The minimum absolute atomic E-state index is 0.669. The quantitative estimate of drug-likeness (QED) is 0.865. The first kappa shape index (κ1) is 13.5. The molecule has 0 unspecified atom stereocenters. The van der Waals surface area contributed by atoms with Crippen LogP contribution in [0.1, 0.15) is 29.4 Å². The van der Waals surface area contributed by atoms with E-state index in [0.717, 1.165) is 29.4 Å². The minimum Gasteiger partial charge on any atom is -0.492 e. The Morgan fingerprint density at radius 2 is 2.05 bits per heavy atom. The Bertz CT molecular complexity index is 541. The maximum absolute atomic E-state index is 5.66. The van der Waals surface area contributed by atoms with Gasteiger partial charge in [0.1, 0.15) is 5.75 Å². The predicted octanol–water partition coefficient (Wildman–Crippen LogP) is 3.35. The summed E-state index contributed by atoms with van der Waals surface area (Å²) < 4.78 is 5.66. The molecule has 0 saturated carbocycles. The predicted molar refractivity (Wildman–Crippen MR) is 77.7 cm³/mol. The smallest absolute Gasteiger partial charge is 0.142 e. The van der Waals surface area contributed by atoms with Crippen molar-refractivity contribution in [2.24, 2.45) is 0 Å². The van der Waals surface area contributed by atoms with E-state index in [4.69, 9.17) is 4.74 Å². The summed E-state index contributed by atoms with van der Waals surface area (Å²) in [6, 6.07) is 6.20. The number of nitrogens with one attached hydrogen (secondary N) is 2. The Morgan fingerprint density at radius 3 is 2.68 bits per heavy atom. The molecule has 1 aromatic heterocycles. The van der Waals surface area contributed by atoms with Crippen molar-refractivity contribution in [3.8, 4) is 5.75 Å². The molecule has 0 aliphatic carbocycles. The van der Waals surface area contributed by atoms with E-state index in [2.05, 4.69) is 40.6 Å². The van der Waals surface area contributed by atoms with E-state index in [-0.39, 0.29) is 0 Å². The average Bonchev–Trinajstić information content (AvgIpc) is 2.69. The van der Waals surface area contributed by atoms with Crippen LogP contribution in [0.25, 0.3) is 0 Å². The molecule has 102 valence electrons. The maximum atomic E-state index is 5.66. The van der Waals surface area contributed by atoms with Crippen LogP contribution in [0.4, 0.5) is 5.69 Å². The molecule has 2 rings (SSSR count). The monoisotopic (exact) mass is 259 g/mol. The van der Waals surface area contributed by atoms with E-state index in [0.29, 0.717) is 6.61 Å². The summed E-state index contributed by atoms with van der Waals surface area (Å²) in [5, 5.41) is 10.6. The lowest BCUT2D eigenvalue weighted by atomic mass is 10.1. The highest BCUT2D eigenvalue weighted by atomic mass is 16.5. The first-order valence-electron chi connectivity index (χ1n) is 6.59. The number of benzene rings is 1. The number of aromatic amines is 1. The van der Waals surface area contributed by atoms with Crippen LogP contribution < -0.4 is 10.1 Å². The van der Waals surface area contributed by atoms with Crippen molar-refractivity contribution < 1.29 is 4.74 Å². The molecule has 0 atom stereocenters. The van der Waals surface area contributed by atoms with Gasteiger partial charge in [0.15, 0.2) is 0 Å². The molecule has 1 aromatic carbocycles. The van der Waals surface area contributed by atoms with Crippen molar-refractivity contribution in [3.05, 3.63) is 40.7 Å². The van der Waals surface area contributed by atoms with Gasteiger partial charge in [-0.25, -0.2) is 0 Å². The van der Waals surface area contributed by atoms with Gasteiger partial charge in [-0.15, -0.1) is 0 Å². The van der Waals surface area contributed by atoms with Crippen LogP contribution in [0.2, 0.25) is 0 Å². The second-order valence-electron chi connectivity index (χ2n) is 4.70. The lowest BCUT2D eigenvalue weighted by molar-refractivity contribution is 0.341. The molecule has 0 spiro atoms. The summed E-state index contributed by atoms with van der Waals surface area (Å²) >= 11 is 0. The van der Waals surface area contributed by atoms with Crippen LogP contribution in [0.15, 0.2) is 18.2 Å². The van der Waals surface area contributed by atoms with Gasteiger partial charge in [-0.2, -0.15) is 5.10 Å². The van der Waals surface area contributed by atoms with Crippen molar-refractivity contribution in [3.63, 3.8) is 0 Å². The Kier molecular flexibility index (Phi) is 4.10. The summed E-state index contributed by atoms with van der Waals surface area (Å²) in [6.07, 6.45) is 0. The zero-order valence-electron chi connectivity index (χ0n) is 12.0. The number of aryl methyl sites for hydroxylation is 3. The van der Waals surface area contributed by atoms with Crippen molar-refractivity contribution in [2.45, 2.75) is 34.2 Å². The molecule has 0 saturated heterocycles. The molecule has 2 aromatic rings. The van der Waals surface area contributed by atoms with E-state index in [9.17, 15) is 0 Å². The van der Waals surface area contributed by atoms with E-state index in [1.807, 2.05) is 20.8 Å². The molecule has 0 amide bonds. The van der Waals surface area contributed by atoms with E-state index in [1.165, 1.54) is 11.1 Å². The summed E-state index contributed by atoms with van der Waals surface area (Å²) in [6.45, 7) is 9.53. The van der Waals surface area contributed by atoms with Crippen LogP contribution in [0.3, 0.4) is 0 Å². The van der Waals surface area contributed by atoms with Gasteiger partial charge in [0.25, 0.3) is 0 Å². The fraction of sp³-hybridized carbons (Fsp3) is 0.400. The lowest BCUT2D eigenvalue weighted by Gasteiger charge is -2.13. The molecule has 0 aliphatic heterocycles. The molecule has 0 fully saturated rings. The minimum atomic E-state index is 0.669. The first-order chi connectivity index (χ1) is 9.11. The molecule has 19 heavy (non-hydrogen) atoms. The van der Waals surface area contributed by atoms with Gasteiger partial charge in [0.05, 0.1) is 18.0 Å². The van der Waals surface area contributed by atoms with E-state index >= 15 is 0 Å². The third kappa shape index (κ3) is 3.08. The molecule has 4 heteroatoms. The van der Waals surface area contributed by atoms with Crippen LogP contribution >= 0.6 is 0 Å². The van der Waals surface area contributed by atoms with Crippen LogP contribution in [-0.4, -0.2) is 16.8 Å². The lowest BCUT2D eigenvalue weighted by Crippen LogP contribution is -2.04. The Hall–Kier alpha value is -1.97. The van der Waals surface area contributed by atoms with Crippen LogP contribution in [0, 0.1) is 20.8 Å². The molecule has 1 heterocycles. The molecule has 0 aliphatic rings. The molecular formula is C15H21N3O. The standard InChI is InChI=1S/C15H21N3O/c1-5-19-15-8-10(2)6-7-14(15)16-9-13-11(3)17-18-12(13)4/h6-8,16H,5,9H2,1-4H3,(H,17,18). The Balaban J connectivity index is 2.15. The number of rotatable bonds is 5. The highest BCUT2D eigenvalue weighted by Crippen LogP contribution is 2.26. The Morgan fingerprint density at radius 1 is 1.26 bits per heavy atom. The van der Waals surface area contributed by atoms with E-state index in [1.54, 1.807) is 0 Å². The fourth-order valence-corrected chi connectivity index (χ4v) is 2.07. The average molecular weight is 259 g/mol. The van der Waals surface area contributed by atoms with Crippen molar-refractivity contribution in [1.82, 2.24) is 10.2 Å². The van der Waals surface area contributed by atoms with Gasteiger partial charge in [-0.1, -0.05) is 6.07 Å². The van der Waals surface area contributed by atoms with Crippen molar-refractivity contribution in [2.75, 3.05) is 11.9 Å². The highest BCUT2D eigenvalue weighted by Gasteiger charge is 2.08. The number of anilines is 1. The third-order valence-electron chi connectivity index (χ3n) is 3.17. The van der Waals surface area contributed by atoms with Gasteiger partial charge >= 0.3 is 0 Å². The largest absolute Gasteiger partial charge is 0.492 e. The number of H-pyrrole nitrogens is 1. The second kappa shape index (κ2) is 5.78. The number of hydrogen-bond acceptors (Lipinski definition) is 3. The maximum Gasteiger partial charge on any atom is 0.142 e. The third-order valence-corrected chi connectivity index (χ3v) is 3.17. The molecule has 4 nitrogen and oxygen atoms in total. The zero-order valence-corrected chi connectivity index (χ0v) is 12.0. The summed E-state index contributed by atoms with van der Waals surface area (Å²) in [5.74, 6) is 0.904. The summed E-state index contributed by atoms with van der Waals surface area (Å²) in [5.41, 5.74) is 5.57. The van der Waals surface area contributed by atoms with Gasteiger partial charge < -0.3 is 10.1 Å². The van der Waals surface area contributed by atoms with Gasteiger partial charge in [-0.05, 0) is 45.4 Å². The van der Waals surface area contributed by atoms with Gasteiger partial charge in [0.2, 0.25) is 0 Å². The van der Waals surface area contributed by atoms with Gasteiger partial charge in [0, 0.05) is 17.8 Å². The van der Waals surface area contributed by atoms with Crippen LogP contribution in [-0.2, 0) is 6.54 Å². The molecule has 0 bridgehead atoms. The summed E-state index contributed by atoms with van der Waals surface area (Å²) in [7, 11) is 0. The Labute approximate surface area is 114 Å². The number of ether oxygens (including phenoxy) is 1. The molecule has 2 N–H and O–H groups in total. The summed E-state index contributed by atoms with van der Waals surface area (Å²) in [4.78, 5) is 0. The molecular weight excluding hydrogens is 238 g/mol. The van der Waals surface area contributed by atoms with Crippen molar-refractivity contribution >= 4 is 5.69 Å². The molecule has 0 radical (unpaired) electrons. The highest BCUT2D eigenvalue weighted by molar-refractivity contribution is 5.58. The van der Waals surface area contributed by atoms with Gasteiger partial charge in [-0.3, -0.25) is 5.10 Å². The topological polar surface area (TPSA) is 49.9 Å². The number of hydrogen-bond donors (Lipinski definition) is 2. The number of nitrogens with zero attached hydrogens (tertiary/aromatic N) is 1. The van der Waals surface area contributed by atoms with E-state index < -0.39 is 0 Å². The second-order valence-corrected chi connectivity index (χ2v) is 4.70.